The molecule has 210 valence electrons. The largest absolute Gasteiger partial charge is 0.497 e. The van der Waals surface area contributed by atoms with Crippen molar-refractivity contribution >= 4 is 23.2 Å². The molecule has 0 spiro atoms. The van der Waals surface area contributed by atoms with E-state index in [0.29, 0.717) is 23.1 Å². The van der Waals surface area contributed by atoms with Crippen LogP contribution in [0.4, 0.5) is 0 Å². The molecular weight excluding hydrogens is 549 g/mol. The molecule has 41 heavy (non-hydrogen) atoms. The van der Waals surface area contributed by atoms with Crippen LogP contribution < -0.4 is 4.74 Å². The second-order valence-electron chi connectivity index (χ2n) is 10.2. The first kappa shape index (κ1) is 28.9. The molecule has 6 heteroatoms. The van der Waals surface area contributed by atoms with Crippen molar-refractivity contribution in [2.24, 2.45) is 0 Å². The van der Waals surface area contributed by atoms with Crippen LogP contribution in [0.15, 0.2) is 103 Å². The first-order valence-corrected chi connectivity index (χ1v) is 14.8. The maximum Gasteiger partial charge on any atom is 0.140 e. The fraction of sp³-hybridized carbons (Fsp3) is 0.229. The minimum Gasteiger partial charge on any atom is -0.497 e. The highest BCUT2D eigenvalue weighted by molar-refractivity contribution is 6.42. The Morgan fingerprint density at radius 3 is 2.00 bits per heavy atom. The van der Waals surface area contributed by atoms with Gasteiger partial charge in [0.05, 0.1) is 28.5 Å². The zero-order valence-corrected chi connectivity index (χ0v) is 25.1. The fourth-order valence-corrected chi connectivity index (χ4v) is 5.42. The molecule has 0 N–H and O–H groups in total. The number of benzene rings is 4. The molecule has 0 saturated heterocycles. The Kier molecular flexibility index (Phi) is 9.79. The van der Waals surface area contributed by atoms with Crippen LogP contribution >= 0.6 is 23.2 Å². The molecule has 4 aromatic carbocycles. The Labute approximate surface area is 253 Å². The summed E-state index contributed by atoms with van der Waals surface area (Å²) in [6.45, 7) is 5.30. The van der Waals surface area contributed by atoms with Gasteiger partial charge in [0.25, 0.3) is 0 Å². The highest BCUT2D eigenvalue weighted by Crippen LogP contribution is 2.32. The Bertz CT molecular complexity index is 1550. The van der Waals surface area contributed by atoms with E-state index >= 15 is 0 Å². The van der Waals surface area contributed by atoms with E-state index in [1.165, 1.54) is 11.3 Å². The monoisotopic (exact) mass is 583 g/mol. The molecule has 0 fully saturated rings. The van der Waals surface area contributed by atoms with Crippen LogP contribution in [0.5, 0.6) is 5.75 Å². The van der Waals surface area contributed by atoms with Crippen molar-refractivity contribution in [3.05, 3.63) is 130 Å². The summed E-state index contributed by atoms with van der Waals surface area (Å²) in [5.74, 6) is 1.85. The average Bonchev–Trinajstić information content (AvgIpc) is 3.36. The number of hydrogen-bond donors (Lipinski definition) is 0. The van der Waals surface area contributed by atoms with Gasteiger partial charge in [-0.25, -0.2) is 4.98 Å². The fourth-order valence-electron chi connectivity index (χ4n) is 5.10. The van der Waals surface area contributed by atoms with Gasteiger partial charge in [0.2, 0.25) is 0 Å². The van der Waals surface area contributed by atoms with Crippen molar-refractivity contribution in [2.45, 2.75) is 45.9 Å². The van der Waals surface area contributed by atoms with Gasteiger partial charge in [0, 0.05) is 37.3 Å². The number of hydrogen-bond acceptors (Lipinski definition) is 3. The first-order valence-electron chi connectivity index (χ1n) is 14.0. The second kappa shape index (κ2) is 13.9. The minimum atomic E-state index is 0.564. The number of aromatic nitrogens is 2. The highest BCUT2D eigenvalue weighted by atomic mass is 35.5. The van der Waals surface area contributed by atoms with Crippen LogP contribution in [-0.4, -0.2) is 21.6 Å². The lowest BCUT2D eigenvalue weighted by atomic mass is 10.1. The van der Waals surface area contributed by atoms with Crippen molar-refractivity contribution in [2.75, 3.05) is 7.11 Å². The summed E-state index contributed by atoms with van der Waals surface area (Å²) >= 11 is 12.7. The summed E-state index contributed by atoms with van der Waals surface area (Å²) in [7, 11) is 1.69. The van der Waals surface area contributed by atoms with Crippen molar-refractivity contribution in [1.82, 2.24) is 14.5 Å². The third-order valence-corrected chi connectivity index (χ3v) is 7.95. The Balaban J connectivity index is 1.60. The molecule has 0 unspecified atom stereocenters. The second-order valence-corrected chi connectivity index (χ2v) is 11.0. The van der Waals surface area contributed by atoms with Crippen LogP contribution in [0.25, 0.3) is 22.6 Å². The van der Waals surface area contributed by atoms with Gasteiger partial charge in [-0.1, -0.05) is 115 Å². The van der Waals surface area contributed by atoms with Gasteiger partial charge < -0.3 is 9.30 Å². The SMILES string of the molecule is CCCCn1c(-c2ccccc2)nc(-c2ccccc2)c1CN(Cc1ccc(OC)cc1)Cc1ccc(Cl)c(Cl)c1. The van der Waals surface area contributed by atoms with Gasteiger partial charge in [-0.3, -0.25) is 4.90 Å². The molecule has 1 aromatic heterocycles. The number of halogens is 2. The Morgan fingerprint density at radius 1 is 0.732 bits per heavy atom. The smallest absolute Gasteiger partial charge is 0.140 e. The number of rotatable bonds is 12. The van der Waals surface area contributed by atoms with Gasteiger partial charge in [-0.2, -0.15) is 0 Å². The molecule has 5 aromatic rings. The maximum absolute atomic E-state index is 6.43. The van der Waals surface area contributed by atoms with E-state index in [4.69, 9.17) is 32.9 Å². The molecule has 4 nitrogen and oxygen atoms in total. The molecule has 0 aliphatic rings. The van der Waals surface area contributed by atoms with Gasteiger partial charge in [-0.15, -0.1) is 0 Å². The predicted octanol–water partition coefficient (Wildman–Crippen LogP) is 9.53. The quantitative estimate of drug-likeness (QED) is 0.146. The van der Waals surface area contributed by atoms with Crippen LogP contribution in [0.3, 0.4) is 0 Å². The van der Waals surface area contributed by atoms with Gasteiger partial charge in [-0.05, 0) is 41.8 Å². The predicted molar refractivity (Wildman–Crippen MR) is 170 cm³/mol. The lowest BCUT2D eigenvalue weighted by Crippen LogP contribution is -2.24. The molecule has 0 radical (unpaired) electrons. The van der Waals surface area contributed by atoms with E-state index in [1.54, 1.807) is 7.11 Å². The van der Waals surface area contributed by atoms with Crippen molar-refractivity contribution in [3.8, 4) is 28.4 Å². The first-order chi connectivity index (χ1) is 20.1. The van der Waals surface area contributed by atoms with E-state index in [-0.39, 0.29) is 0 Å². The van der Waals surface area contributed by atoms with Crippen molar-refractivity contribution in [3.63, 3.8) is 0 Å². The van der Waals surface area contributed by atoms with Crippen molar-refractivity contribution < 1.29 is 4.74 Å². The third-order valence-electron chi connectivity index (χ3n) is 7.22. The van der Waals surface area contributed by atoms with E-state index in [2.05, 4.69) is 95.3 Å². The summed E-state index contributed by atoms with van der Waals surface area (Å²) < 4.78 is 7.83. The van der Waals surface area contributed by atoms with Crippen LogP contribution in [0, 0.1) is 0 Å². The normalized spacial score (nSPS) is 11.2. The number of unbranched alkanes of at least 4 members (excludes halogenated alkanes) is 1. The zero-order chi connectivity index (χ0) is 28.6. The van der Waals surface area contributed by atoms with Crippen molar-refractivity contribution in [1.29, 1.82) is 0 Å². The van der Waals surface area contributed by atoms with Gasteiger partial charge in [0.1, 0.15) is 11.6 Å². The topological polar surface area (TPSA) is 30.3 Å². The third kappa shape index (κ3) is 7.20. The number of imidazole rings is 1. The number of nitrogens with zero attached hydrogens (tertiary/aromatic N) is 3. The summed E-state index contributed by atoms with van der Waals surface area (Å²) in [4.78, 5) is 7.75. The molecule has 0 aliphatic heterocycles. The van der Waals surface area contributed by atoms with Crippen LogP contribution in [-0.2, 0) is 26.2 Å². The van der Waals surface area contributed by atoms with Crippen LogP contribution in [0.1, 0.15) is 36.6 Å². The highest BCUT2D eigenvalue weighted by Gasteiger charge is 2.22. The van der Waals surface area contributed by atoms with Gasteiger partial charge in [0.15, 0.2) is 0 Å². The molecule has 0 aliphatic carbocycles. The molecule has 0 amide bonds. The molecule has 5 rings (SSSR count). The molecular formula is C35H35Cl2N3O. The van der Waals surface area contributed by atoms with E-state index < -0.39 is 0 Å². The van der Waals surface area contributed by atoms with E-state index in [0.717, 1.165) is 59.9 Å². The Morgan fingerprint density at radius 2 is 1.37 bits per heavy atom. The van der Waals surface area contributed by atoms with Crippen LogP contribution in [0.2, 0.25) is 10.0 Å². The lowest BCUT2D eigenvalue weighted by molar-refractivity contribution is 0.241. The number of methoxy groups -OCH3 is 1. The lowest BCUT2D eigenvalue weighted by Gasteiger charge is -2.25. The Hall–Kier alpha value is -3.57. The summed E-state index contributed by atoms with van der Waals surface area (Å²) in [5, 5.41) is 1.13. The summed E-state index contributed by atoms with van der Waals surface area (Å²) in [6, 6.07) is 35.2. The summed E-state index contributed by atoms with van der Waals surface area (Å²) in [5.41, 5.74) is 6.78. The minimum absolute atomic E-state index is 0.564. The van der Waals surface area contributed by atoms with E-state index in [9.17, 15) is 0 Å². The molecule has 0 bridgehead atoms. The molecule has 0 atom stereocenters. The molecule has 0 saturated carbocycles. The maximum atomic E-state index is 6.43. The van der Waals surface area contributed by atoms with Gasteiger partial charge >= 0.3 is 0 Å². The molecule has 1 heterocycles. The number of ether oxygens (including phenoxy) is 1. The summed E-state index contributed by atoms with van der Waals surface area (Å²) in [6.07, 6.45) is 2.17. The van der Waals surface area contributed by atoms with E-state index in [1.807, 2.05) is 24.3 Å². The standard InChI is InChI=1S/C35H35Cl2N3O/c1-3-4-21-40-33(34(28-11-7-5-8-12-28)38-35(40)29-13-9-6-10-14-29)25-39(23-26-15-18-30(41-2)19-16-26)24-27-17-20-31(36)32(37)22-27/h5-20,22H,3-4,21,23-25H2,1-2H3. The zero-order valence-electron chi connectivity index (χ0n) is 23.6. The average molecular weight is 585 g/mol.